The van der Waals surface area contributed by atoms with Gasteiger partial charge in [0.2, 0.25) is 10.0 Å². The van der Waals surface area contributed by atoms with Crippen LogP contribution in [0.1, 0.15) is 11.1 Å². The smallest absolute Gasteiger partial charge is 0.241 e. The van der Waals surface area contributed by atoms with Gasteiger partial charge in [-0.1, -0.05) is 0 Å². The summed E-state index contributed by atoms with van der Waals surface area (Å²) in [5, 5.41) is 3.42. The molecule has 1 aliphatic heterocycles. The molecule has 1 aliphatic rings. The van der Waals surface area contributed by atoms with E-state index in [-0.39, 0.29) is 0 Å². The minimum atomic E-state index is -3.45. The fourth-order valence-corrected chi connectivity index (χ4v) is 6.70. The van der Waals surface area contributed by atoms with Gasteiger partial charge in [-0.3, -0.25) is 0 Å². The van der Waals surface area contributed by atoms with Gasteiger partial charge in [0.1, 0.15) is 0 Å². The number of aryl methyl sites for hydroxylation is 2. The summed E-state index contributed by atoms with van der Waals surface area (Å²) < 4.78 is 27.9. The first-order chi connectivity index (χ1) is 9.94. The van der Waals surface area contributed by atoms with E-state index >= 15 is 0 Å². The third-order valence-electron chi connectivity index (χ3n) is 3.40. The third-order valence-corrected chi connectivity index (χ3v) is 7.98. The van der Waals surface area contributed by atoms with Crippen LogP contribution in [0.15, 0.2) is 17.0 Å². The molecule has 2 N–H and O–H groups in total. The summed E-state index contributed by atoms with van der Waals surface area (Å²) in [5.41, 5.74) is 2.48. The van der Waals surface area contributed by atoms with Crippen molar-refractivity contribution in [2.24, 2.45) is 0 Å². The van der Waals surface area contributed by atoms with Crippen LogP contribution in [0.3, 0.4) is 0 Å². The highest BCUT2D eigenvalue weighted by Crippen LogP contribution is 2.26. The molecule has 0 spiro atoms. The Morgan fingerprint density at radius 2 is 1.90 bits per heavy atom. The van der Waals surface area contributed by atoms with Crippen LogP contribution < -0.4 is 10.0 Å². The van der Waals surface area contributed by atoms with Gasteiger partial charge in [-0.2, -0.15) is 23.5 Å². The van der Waals surface area contributed by atoms with E-state index in [0.717, 1.165) is 34.1 Å². The second-order valence-electron chi connectivity index (χ2n) is 5.11. The van der Waals surface area contributed by atoms with Gasteiger partial charge in [0.15, 0.2) is 0 Å². The molecule has 1 heterocycles. The summed E-state index contributed by atoms with van der Waals surface area (Å²) in [6, 6.07) is 3.74. The Bertz CT molecular complexity index is 573. The molecule has 1 atom stereocenters. The van der Waals surface area contributed by atoms with Gasteiger partial charge in [-0.25, -0.2) is 13.1 Å². The van der Waals surface area contributed by atoms with Crippen LogP contribution in [-0.4, -0.2) is 44.5 Å². The second-order valence-corrected chi connectivity index (χ2v) is 9.37. The summed E-state index contributed by atoms with van der Waals surface area (Å²) in [7, 11) is -1.61. The van der Waals surface area contributed by atoms with Crippen molar-refractivity contribution in [3.63, 3.8) is 0 Å². The van der Waals surface area contributed by atoms with Crippen molar-refractivity contribution in [2.45, 2.75) is 24.0 Å². The van der Waals surface area contributed by atoms with Gasteiger partial charge in [-0.15, -0.1) is 0 Å². The normalized spacial score (nSPS) is 19.5. The molecule has 1 unspecified atom stereocenters. The standard InChI is InChI=1S/C14H22N2O2S3/c1-10-6-12(15-3)7-11(2)14(10)21(17,18)16-8-13-9-19-4-5-20-13/h6-7,13,15-16H,4-5,8-9H2,1-3H3. The number of hydrogen-bond acceptors (Lipinski definition) is 5. The minimum absolute atomic E-state index is 0.371. The van der Waals surface area contributed by atoms with Crippen molar-refractivity contribution < 1.29 is 8.42 Å². The number of hydrogen-bond donors (Lipinski definition) is 2. The molecule has 0 saturated carbocycles. The van der Waals surface area contributed by atoms with Crippen LogP contribution in [0, 0.1) is 13.8 Å². The number of sulfonamides is 1. The van der Waals surface area contributed by atoms with Crippen molar-refractivity contribution in [3.05, 3.63) is 23.3 Å². The fourth-order valence-electron chi connectivity index (χ4n) is 2.45. The van der Waals surface area contributed by atoms with Gasteiger partial charge in [0.05, 0.1) is 4.90 Å². The Kier molecular flexibility index (Phi) is 5.88. The zero-order valence-corrected chi connectivity index (χ0v) is 15.1. The molecule has 1 saturated heterocycles. The number of thioether (sulfide) groups is 2. The van der Waals surface area contributed by atoms with E-state index < -0.39 is 10.0 Å². The summed E-state index contributed by atoms with van der Waals surface area (Å²) >= 11 is 3.75. The number of nitrogens with one attached hydrogen (secondary N) is 2. The Morgan fingerprint density at radius 3 is 2.43 bits per heavy atom. The first-order valence-corrected chi connectivity index (χ1v) is 10.6. The molecule has 2 rings (SSSR count). The molecule has 0 aliphatic carbocycles. The Labute approximate surface area is 135 Å². The van der Waals surface area contributed by atoms with Crippen LogP contribution in [-0.2, 0) is 10.0 Å². The van der Waals surface area contributed by atoms with Crippen LogP contribution in [0.2, 0.25) is 0 Å². The molecule has 1 aromatic rings. The van der Waals surface area contributed by atoms with E-state index in [1.807, 2.05) is 56.6 Å². The molecule has 7 heteroatoms. The fraction of sp³-hybridized carbons (Fsp3) is 0.571. The molecule has 118 valence electrons. The monoisotopic (exact) mass is 346 g/mol. The SMILES string of the molecule is CNc1cc(C)c(S(=O)(=O)NCC2CSCCS2)c(C)c1. The lowest BCUT2D eigenvalue weighted by atomic mass is 10.1. The van der Waals surface area contributed by atoms with Crippen LogP contribution in [0.25, 0.3) is 0 Å². The van der Waals surface area contributed by atoms with Crippen molar-refractivity contribution in [3.8, 4) is 0 Å². The van der Waals surface area contributed by atoms with E-state index in [1.54, 1.807) is 0 Å². The molecule has 0 aromatic heterocycles. The van der Waals surface area contributed by atoms with Crippen LogP contribution in [0.4, 0.5) is 5.69 Å². The molecular formula is C14H22N2O2S3. The average Bonchev–Trinajstić information content (AvgIpc) is 2.45. The quantitative estimate of drug-likeness (QED) is 0.858. The van der Waals surface area contributed by atoms with Gasteiger partial charge in [0, 0.05) is 41.8 Å². The van der Waals surface area contributed by atoms with Crippen LogP contribution in [0.5, 0.6) is 0 Å². The van der Waals surface area contributed by atoms with E-state index in [4.69, 9.17) is 0 Å². The largest absolute Gasteiger partial charge is 0.388 e. The second kappa shape index (κ2) is 7.26. The Hall–Kier alpha value is -0.370. The number of anilines is 1. The first-order valence-electron chi connectivity index (χ1n) is 6.92. The number of rotatable bonds is 5. The molecule has 4 nitrogen and oxygen atoms in total. The highest BCUT2D eigenvalue weighted by Gasteiger charge is 2.22. The Morgan fingerprint density at radius 1 is 1.24 bits per heavy atom. The zero-order valence-electron chi connectivity index (χ0n) is 12.6. The predicted octanol–water partition coefficient (Wildman–Crippen LogP) is 2.47. The van der Waals surface area contributed by atoms with Crippen molar-refractivity contribution in [2.75, 3.05) is 36.2 Å². The van der Waals surface area contributed by atoms with E-state index in [0.29, 0.717) is 16.7 Å². The predicted molar refractivity (Wildman–Crippen MR) is 94.2 cm³/mol. The summed E-state index contributed by atoms with van der Waals surface area (Å²) in [5.74, 6) is 3.29. The summed E-state index contributed by atoms with van der Waals surface area (Å²) in [6.07, 6.45) is 0. The third kappa shape index (κ3) is 4.31. The molecular weight excluding hydrogens is 324 g/mol. The van der Waals surface area contributed by atoms with Gasteiger partial charge < -0.3 is 5.32 Å². The maximum atomic E-state index is 12.6. The topological polar surface area (TPSA) is 58.2 Å². The number of benzene rings is 1. The minimum Gasteiger partial charge on any atom is -0.388 e. The molecule has 0 radical (unpaired) electrons. The van der Waals surface area contributed by atoms with E-state index in [1.165, 1.54) is 0 Å². The van der Waals surface area contributed by atoms with E-state index in [9.17, 15) is 8.42 Å². The molecule has 1 fully saturated rings. The van der Waals surface area contributed by atoms with Crippen molar-refractivity contribution in [1.82, 2.24) is 4.72 Å². The summed E-state index contributed by atoms with van der Waals surface area (Å²) in [4.78, 5) is 0.412. The highest BCUT2D eigenvalue weighted by molar-refractivity contribution is 8.06. The molecule has 1 aromatic carbocycles. The van der Waals surface area contributed by atoms with E-state index in [2.05, 4.69) is 10.0 Å². The van der Waals surface area contributed by atoms with Crippen molar-refractivity contribution in [1.29, 1.82) is 0 Å². The molecule has 0 amide bonds. The first kappa shape index (κ1) is 17.0. The lowest BCUT2D eigenvalue weighted by molar-refractivity contribution is 0.580. The Balaban J connectivity index is 2.15. The van der Waals surface area contributed by atoms with Gasteiger partial charge in [-0.05, 0) is 37.1 Å². The van der Waals surface area contributed by atoms with Gasteiger partial charge >= 0.3 is 0 Å². The lowest BCUT2D eigenvalue weighted by Crippen LogP contribution is -2.34. The molecule has 0 bridgehead atoms. The maximum Gasteiger partial charge on any atom is 0.241 e. The van der Waals surface area contributed by atoms with Crippen LogP contribution >= 0.6 is 23.5 Å². The van der Waals surface area contributed by atoms with Crippen molar-refractivity contribution >= 4 is 39.2 Å². The lowest BCUT2D eigenvalue weighted by Gasteiger charge is -2.22. The maximum absolute atomic E-state index is 12.6. The van der Waals surface area contributed by atoms with Gasteiger partial charge in [0.25, 0.3) is 0 Å². The molecule has 21 heavy (non-hydrogen) atoms. The zero-order chi connectivity index (χ0) is 15.5. The summed E-state index contributed by atoms with van der Waals surface area (Å²) in [6.45, 7) is 4.19. The highest BCUT2D eigenvalue weighted by atomic mass is 32.2. The average molecular weight is 347 g/mol.